The molecule has 0 fully saturated rings. The lowest BCUT2D eigenvalue weighted by atomic mass is 9.95. The highest BCUT2D eigenvalue weighted by atomic mass is 35.5. The molecular weight excluding hydrogens is 314 g/mol. The smallest absolute Gasteiger partial charge is 0.292 e. The third-order valence-corrected chi connectivity index (χ3v) is 3.63. The number of aromatic nitrogens is 3. The maximum atomic E-state index is 11.8. The van der Waals surface area contributed by atoms with E-state index >= 15 is 0 Å². The van der Waals surface area contributed by atoms with Crippen molar-refractivity contribution < 1.29 is 0 Å². The summed E-state index contributed by atoms with van der Waals surface area (Å²) in [5.41, 5.74) is 5.24. The largest absolute Gasteiger partial charge is 0.356 e. The number of nitrogens with one attached hydrogen (secondary N) is 1. The first-order chi connectivity index (χ1) is 11.1. The highest BCUT2D eigenvalue weighted by Crippen LogP contribution is 2.29. The molecule has 0 saturated carbocycles. The van der Waals surface area contributed by atoms with Crippen LogP contribution in [0.5, 0.6) is 0 Å². The predicted octanol–water partition coefficient (Wildman–Crippen LogP) is 2.54. The molecule has 0 radical (unpaired) electrons. The Labute approximate surface area is 137 Å². The molecule has 1 heterocycles. The first-order valence-corrected chi connectivity index (χ1v) is 7.27. The number of rotatable bonds is 2. The van der Waals surface area contributed by atoms with Crippen molar-refractivity contribution in [3.8, 4) is 16.8 Å². The molecule has 116 valence electrons. The van der Waals surface area contributed by atoms with E-state index in [1.165, 1.54) is 15.7 Å². The van der Waals surface area contributed by atoms with Crippen LogP contribution in [0.1, 0.15) is 5.82 Å². The van der Waals surface area contributed by atoms with Crippen LogP contribution in [0.2, 0.25) is 5.02 Å². The number of hydrogen-bond acceptors (Lipinski definition) is 5. The van der Waals surface area contributed by atoms with Crippen LogP contribution >= 0.6 is 11.6 Å². The third-order valence-electron chi connectivity index (χ3n) is 3.40. The van der Waals surface area contributed by atoms with E-state index in [-0.39, 0.29) is 5.95 Å². The van der Waals surface area contributed by atoms with Crippen molar-refractivity contribution in [2.45, 2.75) is 6.92 Å². The molecule has 2 aliphatic carbocycles. The minimum atomic E-state index is -0.465. The first-order valence-electron chi connectivity index (χ1n) is 6.89. The summed E-state index contributed by atoms with van der Waals surface area (Å²) in [6, 6.07) is 15.4. The standard InChI is InChI=1S/C10H10ClN5O.C6H4/c1-6-13-9(15-12)14-10(17)16(6)8-4-2-3-7(11)5-8;1-2-6-4-3-5(1)6/h2-5H,12H2,1H3,(H,14,15,17);1-4H. The van der Waals surface area contributed by atoms with E-state index in [1.807, 2.05) is 0 Å². The maximum absolute atomic E-state index is 11.8. The van der Waals surface area contributed by atoms with Gasteiger partial charge < -0.3 is 0 Å². The molecule has 1 aromatic carbocycles. The van der Waals surface area contributed by atoms with Crippen molar-refractivity contribution >= 4 is 17.5 Å². The fourth-order valence-electron chi connectivity index (χ4n) is 2.15. The fourth-order valence-corrected chi connectivity index (χ4v) is 2.33. The summed E-state index contributed by atoms with van der Waals surface area (Å²) < 4.78 is 1.35. The predicted molar refractivity (Wildman–Crippen MR) is 90.6 cm³/mol. The minimum absolute atomic E-state index is 0.0887. The number of aryl methyl sites for hydroxylation is 1. The molecule has 0 aliphatic heterocycles. The summed E-state index contributed by atoms with van der Waals surface area (Å²) in [6.45, 7) is 1.69. The molecular formula is C16H14ClN5O. The van der Waals surface area contributed by atoms with Gasteiger partial charge in [0.05, 0.1) is 5.69 Å². The molecule has 2 aromatic rings. The van der Waals surface area contributed by atoms with Crippen LogP contribution in [0.3, 0.4) is 0 Å². The van der Waals surface area contributed by atoms with Gasteiger partial charge in [0, 0.05) is 5.02 Å². The van der Waals surface area contributed by atoms with Gasteiger partial charge in [-0.2, -0.15) is 9.97 Å². The Morgan fingerprint density at radius 2 is 1.74 bits per heavy atom. The van der Waals surface area contributed by atoms with E-state index in [0.717, 1.165) is 0 Å². The van der Waals surface area contributed by atoms with Gasteiger partial charge in [0.1, 0.15) is 5.82 Å². The molecule has 1 aromatic heterocycles. The lowest BCUT2D eigenvalue weighted by Gasteiger charge is -2.10. The van der Waals surface area contributed by atoms with E-state index in [9.17, 15) is 4.79 Å². The zero-order valence-corrected chi connectivity index (χ0v) is 13.1. The van der Waals surface area contributed by atoms with Crippen LogP contribution in [-0.4, -0.2) is 14.5 Å². The molecule has 0 amide bonds. The van der Waals surface area contributed by atoms with Crippen LogP contribution in [0.4, 0.5) is 5.95 Å². The van der Waals surface area contributed by atoms with E-state index in [1.54, 1.807) is 31.2 Å². The van der Waals surface area contributed by atoms with Gasteiger partial charge in [-0.1, -0.05) is 41.9 Å². The van der Waals surface area contributed by atoms with E-state index in [2.05, 4.69) is 39.7 Å². The zero-order valence-electron chi connectivity index (χ0n) is 12.3. The number of nitrogen functional groups attached to an aromatic ring is 1. The third kappa shape index (κ3) is 3.08. The zero-order chi connectivity index (χ0) is 16.4. The highest BCUT2D eigenvalue weighted by Gasteiger charge is 2.08. The van der Waals surface area contributed by atoms with Gasteiger partial charge in [-0.3, -0.25) is 5.43 Å². The second kappa shape index (κ2) is 6.20. The molecule has 4 rings (SSSR count). The van der Waals surface area contributed by atoms with Gasteiger partial charge in [0.25, 0.3) is 0 Å². The molecule has 0 atom stereocenters. The molecule has 7 heteroatoms. The van der Waals surface area contributed by atoms with Crippen molar-refractivity contribution in [1.29, 1.82) is 0 Å². The molecule has 0 unspecified atom stereocenters. The van der Waals surface area contributed by atoms with Crippen molar-refractivity contribution in [2.75, 3.05) is 5.43 Å². The van der Waals surface area contributed by atoms with Crippen LogP contribution < -0.4 is 17.0 Å². The van der Waals surface area contributed by atoms with E-state index in [4.69, 9.17) is 17.4 Å². The number of nitrogens with zero attached hydrogens (tertiary/aromatic N) is 3. The van der Waals surface area contributed by atoms with Gasteiger partial charge in [-0.05, 0) is 36.2 Å². The van der Waals surface area contributed by atoms with Gasteiger partial charge in [-0.15, -0.1) is 0 Å². The van der Waals surface area contributed by atoms with Gasteiger partial charge in [-0.25, -0.2) is 15.2 Å². The van der Waals surface area contributed by atoms with Gasteiger partial charge >= 0.3 is 5.69 Å². The van der Waals surface area contributed by atoms with E-state index in [0.29, 0.717) is 16.5 Å². The number of anilines is 1. The fraction of sp³-hybridized carbons (Fsp3) is 0.0625. The lowest BCUT2D eigenvalue weighted by molar-refractivity contribution is 0.811. The summed E-state index contributed by atoms with van der Waals surface area (Å²) in [4.78, 5) is 19.5. The van der Waals surface area contributed by atoms with E-state index < -0.39 is 5.69 Å². The number of hydrogen-bond donors (Lipinski definition) is 2. The number of hydrazine groups is 1. The summed E-state index contributed by atoms with van der Waals surface area (Å²) in [6.07, 6.45) is 0. The van der Waals surface area contributed by atoms with Gasteiger partial charge in [0.15, 0.2) is 0 Å². The van der Waals surface area contributed by atoms with Crippen molar-refractivity contribution in [1.82, 2.24) is 14.5 Å². The number of fused-ring (bicyclic) bond motifs is 1. The molecule has 6 nitrogen and oxygen atoms in total. The Morgan fingerprint density at radius 1 is 1.09 bits per heavy atom. The number of halogens is 1. The van der Waals surface area contributed by atoms with Crippen molar-refractivity contribution in [3.63, 3.8) is 0 Å². The summed E-state index contributed by atoms with van der Waals surface area (Å²) in [5, 5.41) is 0.537. The van der Waals surface area contributed by atoms with Crippen LogP contribution in [0.15, 0.2) is 53.3 Å². The number of nitrogens with two attached hydrogens (primary N) is 1. The van der Waals surface area contributed by atoms with Crippen molar-refractivity contribution in [3.05, 3.63) is 69.9 Å². The monoisotopic (exact) mass is 327 g/mol. The molecule has 3 N–H and O–H groups in total. The van der Waals surface area contributed by atoms with Gasteiger partial charge in [0.2, 0.25) is 5.95 Å². The molecule has 0 saturated heterocycles. The van der Waals surface area contributed by atoms with Crippen LogP contribution in [0, 0.1) is 6.92 Å². The average Bonchev–Trinajstić information content (AvgIpc) is 2.50. The quantitative estimate of drug-likeness (QED) is 0.436. The normalized spacial score (nSPS) is 10.6. The summed E-state index contributed by atoms with van der Waals surface area (Å²) in [7, 11) is 0. The van der Waals surface area contributed by atoms with Crippen LogP contribution in [0.25, 0.3) is 16.8 Å². The molecule has 23 heavy (non-hydrogen) atoms. The topological polar surface area (TPSA) is 85.8 Å². The first kappa shape index (κ1) is 15.2. The summed E-state index contributed by atoms with van der Waals surface area (Å²) >= 11 is 5.87. The average molecular weight is 328 g/mol. The summed E-state index contributed by atoms with van der Waals surface area (Å²) in [5.74, 6) is 5.72. The Hall–Kier alpha value is -2.70. The minimum Gasteiger partial charge on any atom is -0.292 e. The maximum Gasteiger partial charge on any atom is 0.356 e. The Bertz CT molecular complexity index is 884. The number of benzene rings is 2. The Kier molecular flexibility index (Phi) is 4.10. The Balaban J connectivity index is 0.000000213. The lowest BCUT2D eigenvalue weighted by Crippen LogP contribution is -2.27. The highest BCUT2D eigenvalue weighted by molar-refractivity contribution is 6.30. The molecule has 0 spiro atoms. The molecule has 0 bridgehead atoms. The Morgan fingerprint density at radius 3 is 2.17 bits per heavy atom. The van der Waals surface area contributed by atoms with Crippen molar-refractivity contribution in [2.24, 2.45) is 5.84 Å². The van der Waals surface area contributed by atoms with Crippen LogP contribution in [-0.2, 0) is 0 Å². The SMILES string of the molecule is Cc1nc(NN)nc(=O)n1-c1cccc(Cl)c1.c1cc2ccc1-2. The second-order valence-corrected chi connectivity index (χ2v) is 5.35. The molecule has 2 aliphatic rings. The second-order valence-electron chi connectivity index (χ2n) is 4.91.